The first-order valence-electron chi connectivity index (χ1n) is 11.4. The number of aromatic nitrogens is 2. The number of nitrogens with zero attached hydrogens (tertiary/aromatic N) is 4. The summed E-state index contributed by atoms with van der Waals surface area (Å²) in [4.78, 5) is 35.6. The lowest BCUT2D eigenvalue weighted by molar-refractivity contribution is -0.130. The lowest BCUT2D eigenvalue weighted by atomic mass is 9.73. The van der Waals surface area contributed by atoms with Crippen molar-refractivity contribution in [2.45, 2.75) is 60.4 Å². The van der Waals surface area contributed by atoms with E-state index in [2.05, 4.69) is 30.1 Å². The number of fused-ring (bicyclic) bond motifs is 3. The maximum atomic E-state index is 12.7. The maximum absolute atomic E-state index is 12.7. The van der Waals surface area contributed by atoms with Gasteiger partial charge in [-0.15, -0.1) is 11.3 Å². The summed E-state index contributed by atoms with van der Waals surface area (Å²) in [5.74, 6) is 0.447. The number of esters is 1. The van der Waals surface area contributed by atoms with Crippen LogP contribution in [0.3, 0.4) is 0 Å². The minimum atomic E-state index is -0.340. The predicted molar refractivity (Wildman–Crippen MR) is 122 cm³/mol. The Hall–Kier alpha value is -1.93. The van der Waals surface area contributed by atoms with Crippen LogP contribution in [0.4, 0.5) is 0 Å². The second-order valence-electron chi connectivity index (χ2n) is 9.81. The molecule has 3 heterocycles. The van der Waals surface area contributed by atoms with Crippen LogP contribution in [-0.2, 0) is 28.9 Å². The van der Waals surface area contributed by atoms with Gasteiger partial charge in [-0.25, -0.2) is 9.78 Å². The topological polar surface area (TPSA) is 67.2 Å². The number of thiazole rings is 1. The molecule has 170 valence electrons. The van der Waals surface area contributed by atoms with Gasteiger partial charge in [-0.1, -0.05) is 20.8 Å². The molecule has 7 nitrogen and oxygen atoms in total. The van der Waals surface area contributed by atoms with Crippen LogP contribution in [0.5, 0.6) is 0 Å². The van der Waals surface area contributed by atoms with E-state index >= 15 is 0 Å². The van der Waals surface area contributed by atoms with Gasteiger partial charge in [-0.05, 0) is 37.5 Å². The Balaban J connectivity index is 1.66. The number of imidazole rings is 1. The molecule has 1 amide bonds. The van der Waals surface area contributed by atoms with Crippen LogP contribution >= 0.6 is 11.3 Å². The van der Waals surface area contributed by atoms with Gasteiger partial charge in [0.05, 0.1) is 12.3 Å². The van der Waals surface area contributed by atoms with E-state index in [4.69, 9.17) is 9.72 Å². The molecular weight excluding hydrogens is 412 g/mol. The van der Waals surface area contributed by atoms with Crippen LogP contribution in [0, 0.1) is 11.3 Å². The third-order valence-corrected chi connectivity index (χ3v) is 7.90. The van der Waals surface area contributed by atoms with Crippen LogP contribution in [0.2, 0.25) is 0 Å². The zero-order valence-electron chi connectivity index (χ0n) is 19.4. The highest BCUT2D eigenvalue weighted by molar-refractivity contribution is 7.17. The number of aryl methyl sites for hydroxylation is 1. The zero-order valence-corrected chi connectivity index (χ0v) is 20.2. The number of ether oxygens (including phenoxy) is 1. The summed E-state index contributed by atoms with van der Waals surface area (Å²) in [5, 5.41) is 0. The van der Waals surface area contributed by atoms with Crippen LogP contribution in [0.1, 0.15) is 67.8 Å². The molecule has 2 aromatic heterocycles. The molecule has 8 heteroatoms. The van der Waals surface area contributed by atoms with E-state index in [0.717, 1.165) is 56.1 Å². The number of rotatable bonds is 4. The molecule has 1 unspecified atom stereocenters. The Morgan fingerprint density at radius 1 is 1.19 bits per heavy atom. The summed E-state index contributed by atoms with van der Waals surface area (Å²) < 4.78 is 7.57. The van der Waals surface area contributed by atoms with Crippen molar-refractivity contribution >= 4 is 28.2 Å². The Labute approximate surface area is 188 Å². The fourth-order valence-electron chi connectivity index (χ4n) is 4.80. The van der Waals surface area contributed by atoms with Gasteiger partial charge < -0.3 is 9.64 Å². The van der Waals surface area contributed by atoms with Crippen molar-refractivity contribution in [3.05, 3.63) is 22.0 Å². The lowest BCUT2D eigenvalue weighted by Gasteiger charge is -2.34. The third-order valence-electron chi connectivity index (χ3n) is 6.79. The van der Waals surface area contributed by atoms with E-state index in [1.165, 1.54) is 10.6 Å². The quantitative estimate of drug-likeness (QED) is 0.674. The van der Waals surface area contributed by atoms with Gasteiger partial charge in [0.25, 0.3) is 0 Å². The Morgan fingerprint density at radius 2 is 1.90 bits per heavy atom. The van der Waals surface area contributed by atoms with E-state index in [0.29, 0.717) is 30.2 Å². The fourth-order valence-corrected chi connectivity index (χ4v) is 6.06. The minimum absolute atomic E-state index is 0.124. The van der Waals surface area contributed by atoms with Gasteiger partial charge in [-0.2, -0.15) is 0 Å². The van der Waals surface area contributed by atoms with Crippen molar-refractivity contribution in [2.75, 3.05) is 32.8 Å². The first kappa shape index (κ1) is 22.3. The molecule has 0 spiro atoms. The van der Waals surface area contributed by atoms with Crippen molar-refractivity contribution in [1.29, 1.82) is 0 Å². The van der Waals surface area contributed by atoms with E-state index in [1.807, 2.05) is 11.8 Å². The molecule has 1 fully saturated rings. The number of carbonyl (C=O) groups excluding carboxylic acids is 2. The summed E-state index contributed by atoms with van der Waals surface area (Å²) in [7, 11) is 0. The second-order valence-corrected chi connectivity index (χ2v) is 10.9. The average Bonchev–Trinajstić information content (AvgIpc) is 3.24. The van der Waals surface area contributed by atoms with Crippen molar-refractivity contribution in [1.82, 2.24) is 19.2 Å². The van der Waals surface area contributed by atoms with Gasteiger partial charge in [0.15, 0.2) is 10.7 Å². The van der Waals surface area contributed by atoms with Gasteiger partial charge in [0, 0.05) is 50.2 Å². The second kappa shape index (κ2) is 8.54. The SMILES string of the molecule is CCOC(=O)c1nc2sc3c(n2c1CN1CCN(C(C)=O)CC1)CCC(C(C)(C)C)C3. The van der Waals surface area contributed by atoms with Crippen molar-refractivity contribution < 1.29 is 14.3 Å². The largest absolute Gasteiger partial charge is 0.461 e. The monoisotopic (exact) mass is 446 g/mol. The van der Waals surface area contributed by atoms with Crippen molar-refractivity contribution in [3.8, 4) is 0 Å². The van der Waals surface area contributed by atoms with Crippen LogP contribution in [0.25, 0.3) is 4.96 Å². The smallest absolute Gasteiger partial charge is 0.358 e. The molecule has 2 aromatic rings. The third kappa shape index (κ3) is 4.37. The summed E-state index contributed by atoms with van der Waals surface area (Å²) in [6.45, 7) is 14.5. The van der Waals surface area contributed by atoms with Crippen LogP contribution in [0.15, 0.2) is 0 Å². The number of hydrogen-bond acceptors (Lipinski definition) is 6. The molecular formula is C23H34N4O3S. The van der Waals surface area contributed by atoms with Gasteiger partial charge in [0.1, 0.15) is 0 Å². The molecule has 4 rings (SSSR count). The molecule has 0 aromatic carbocycles. The normalized spacial score (nSPS) is 20.2. The molecule has 1 aliphatic carbocycles. The Bertz CT molecular complexity index is 979. The summed E-state index contributed by atoms with van der Waals surface area (Å²) >= 11 is 1.73. The van der Waals surface area contributed by atoms with E-state index in [-0.39, 0.29) is 11.9 Å². The molecule has 31 heavy (non-hydrogen) atoms. The Morgan fingerprint density at radius 3 is 2.52 bits per heavy atom. The zero-order chi connectivity index (χ0) is 22.3. The summed E-state index contributed by atoms with van der Waals surface area (Å²) in [5.41, 5.74) is 3.00. The van der Waals surface area contributed by atoms with Crippen molar-refractivity contribution in [2.24, 2.45) is 11.3 Å². The summed E-state index contributed by atoms with van der Waals surface area (Å²) in [6.07, 6.45) is 3.26. The minimum Gasteiger partial charge on any atom is -0.461 e. The number of carbonyl (C=O) groups is 2. The fraction of sp³-hybridized carbons (Fsp3) is 0.696. The lowest BCUT2D eigenvalue weighted by Crippen LogP contribution is -2.47. The highest BCUT2D eigenvalue weighted by Gasteiger charge is 2.34. The predicted octanol–water partition coefficient (Wildman–Crippen LogP) is 3.39. The number of hydrogen-bond donors (Lipinski definition) is 0. The summed E-state index contributed by atoms with van der Waals surface area (Å²) in [6, 6.07) is 0. The van der Waals surface area contributed by atoms with E-state index < -0.39 is 0 Å². The highest BCUT2D eigenvalue weighted by Crippen LogP contribution is 2.41. The number of amides is 1. The standard InChI is InChI=1S/C23H34N4O3S/c1-6-30-21(29)20-18(14-25-9-11-26(12-10-25)15(2)28)27-17-8-7-16(23(3,4)5)13-19(17)31-22(27)24-20/h16H,6-14H2,1-5H3. The maximum Gasteiger partial charge on any atom is 0.358 e. The number of piperazine rings is 1. The van der Waals surface area contributed by atoms with Crippen LogP contribution < -0.4 is 0 Å². The van der Waals surface area contributed by atoms with Gasteiger partial charge in [0.2, 0.25) is 5.91 Å². The first-order chi connectivity index (χ1) is 14.7. The van der Waals surface area contributed by atoms with E-state index in [1.54, 1.807) is 18.3 Å². The highest BCUT2D eigenvalue weighted by atomic mass is 32.1. The molecule has 2 aliphatic rings. The average molecular weight is 447 g/mol. The molecule has 1 aliphatic heterocycles. The first-order valence-corrected chi connectivity index (χ1v) is 12.2. The molecule has 1 saturated heterocycles. The van der Waals surface area contributed by atoms with Gasteiger partial charge >= 0.3 is 5.97 Å². The van der Waals surface area contributed by atoms with Crippen molar-refractivity contribution in [3.63, 3.8) is 0 Å². The van der Waals surface area contributed by atoms with E-state index in [9.17, 15) is 9.59 Å². The molecule has 0 bridgehead atoms. The molecule has 0 saturated carbocycles. The molecule has 0 N–H and O–H groups in total. The molecule has 1 atom stereocenters. The van der Waals surface area contributed by atoms with Crippen LogP contribution in [-0.4, -0.2) is 63.8 Å². The van der Waals surface area contributed by atoms with Gasteiger partial charge in [-0.3, -0.25) is 14.1 Å². The molecule has 0 radical (unpaired) electrons. The Kier molecular flexibility index (Phi) is 6.14.